The SMILES string of the molecule is CC(C)C(CC(=O)O)Nc1c([N+](=O)[O-])ncn1C. The van der Waals surface area contributed by atoms with Crippen molar-refractivity contribution in [1.82, 2.24) is 9.55 Å². The normalized spacial score (nSPS) is 12.4. The lowest BCUT2D eigenvalue weighted by molar-refractivity contribution is -0.388. The molecule has 18 heavy (non-hydrogen) atoms. The van der Waals surface area contributed by atoms with Gasteiger partial charge in [0.25, 0.3) is 0 Å². The summed E-state index contributed by atoms with van der Waals surface area (Å²) < 4.78 is 1.47. The molecule has 0 fully saturated rings. The maximum atomic E-state index is 10.8. The quantitative estimate of drug-likeness (QED) is 0.585. The second kappa shape index (κ2) is 5.48. The molecule has 8 nitrogen and oxygen atoms in total. The number of aliphatic carboxylic acids is 1. The van der Waals surface area contributed by atoms with Gasteiger partial charge in [-0.1, -0.05) is 13.8 Å². The second-order valence-corrected chi connectivity index (χ2v) is 4.38. The largest absolute Gasteiger partial charge is 0.481 e. The zero-order valence-corrected chi connectivity index (χ0v) is 10.5. The Morgan fingerprint density at radius 2 is 2.28 bits per heavy atom. The molecule has 0 saturated carbocycles. The van der Waals surface area contributed by atoms with E-state index >= 15 is 0 Å². The Labute approximate surface area is 104 Å². The summed E-state index contributed by atoms with van der Waals surface area (Å²) in [6.07, 6.45) is 1.21. The highest BCUT2D eigenvalue weighted by Gasteiger charge is 2.25. The Hall–Kier alpha value is -2.12. The van der Waals surface area contributed by atoms with Crippen molar-refractivity contribution >= 4 is 17.6 Å². The van der Waals surface area contributed by atoms with Crippen LogP contribution in [-0.2, 0) is 11.8 Å². The molecular formula is C10H16N4O4. The van der Waals surface area contributed by atoms with E-state index in [0.717, 1.165) is 0 Å². The molecule has 1 rings (SSSR count). The maximum absolute atomic E-state index is 10.8. The molecule has 1 atom stereocenters. The Morgan fingerprint density at radius 3 is 2.72 bits per heavy atom. The minimum Gasteiger partial charge on any atom is -0.481 e. The molecule has 0 saturated heterocycles. The molecule has 1 aromatic heterocycles. The van der Waals surface area contributed by atoms with E-state index in [2.05, 4.69) is 10.3 Å². The lowest BCUT2D eigenvalue weighted by Crippen LogP contribution is -2.29. The van der Waals surface area contributed by atoms with Gasteiger partial charge in [-0.3, -0.25) is 9.36 Å². The van der Waals surface area contributed by atoms with Gasteiger partial charge in [0.1, 0.15) is 0 Å². The fourth-order valence-electron chi connectivity index (χ4n) is 1.54. The van der Waals surface area contributed by atoms with E-state index in [1.165, 1.54) is 10.9 Å². The van der Waals surface area contributed by atoms with Gasteiger partial charge >= 0.3 is 11.8 Å². The summed E-state index contributed by atoms with van der Waals surface area (Å²) in [6, 6.07) is -0.392. The van der Waals surface area contributed by atoms with Crippen LogP contribution in [0.15, 0.2) is 6.33 Å². The van der Waals surface area contributed by atoms with Gasteiger partial charge in [0.15, 0.2) is 0 Å². The van der Waals surface area contributed by atoms with Crippen LogP contribution < -0.4 is 5.32 Å². The van der Waals surface area contributed by atoms with Crippen molar-refractivity contribution in [2.45, 2.75) is 26.3 Å². The number of nitrogens with one attached hydrogen (secondary N) is 1. The van der Waals surface area contributed by atoms with Gasteiger partial charge in [0.2, 0.25) is 12.1 Å². The molecule has 100 valence electrons. The molecule has 0 amide bonds. The van der Waals surface area contributed by atoms with Crippen molar-refractivity contribution in [2.24, 2.45) is 13.0 Å². The van der Waals surface area contributed by atoms with Crippen molar-refractivity contribution in [3.8, 4) is 0 Å². The van der Waals surface area contributed by atoms with Gasteiger partial charge in [0.05, 0.1) is 6.42 Å². The summed E-state index contributed by atoms with van der Waals surface area (Å²) >= 11 is 0. The van der Waals surface area contributed by atoms with Crippen LogP contribution in [0.1, 0.15) is 20.3 Å². The number of carboxylic acids is 1. The first-order valence-corrected chi connectivity index (χ1v) is 5.47. The van der Waals surface area contributed by atoms with E-state index in [1.807, 2.05) is 13.8 Å². The average Bonchev–Trinajstić information content (AvgIpc) is 2.58. The van der Waals surface area contributed by atoms with Crippen molar-refractivity contribution in [2.75, 3.05) is 5.32 Å². The number of hydrogen-bond acceptors (Lipinski definition) is 5. The molecule has 2 N–H and O–H groups in total. The number of rotatable bonds is 6. The fraction of sp³-hybridized carbons (Fsp3) is 0.600. The zero-order chi connectivity index (χ0) is 13.9. The number of carbonyl (C=O) groups is 1. The minimum atomic E-state index is -0.953. The zero-order valence-electron chi connectivity index (χ0n) is 10.5. The lowest BCUT2D eigenvalue weighted by atomic mass is 10.0. The van der Waals surface area contributed by atoms with E-state index in [-0.39, 0.29) is 24.0 Å². The highest BCUT2D eigenvalue weighted by Crippen LogP contribution is 2.24. The first-order valence-electron chi connectivity index (χ1n) is 5.47. The molecule has 0 aliphatic rings. The van der Waals surface area contributed by atoms with Crippen LogP contribution in [0.5, 0.6) is 0 Å². The van der Waals surface area contributed by atoms with Crippen molar-refractivity contribution in [3.63, 3.8) is 0 Å². The van der Waals surface area contributed by atoms with Gasteiger partial charge in [-0.2, -0.15) is 0 Å². The van der Waals surface area contributed by atoms with Crippen molar-refractivity contribution in [3.05, 3.63) is 16.4 Å². The first kappa shape index (κ1) is 13.9. The number of hydrogen-bond donors (Lipinski definition) is 2. The van der Waals surface area contributed by atoms with Gasteiger partial charge < -0.3 is 20.5 Å². The highest BCUT2D eigenvalue weighted by atomic mass is 16.6. The second-order valence-electron chi connectivity index (χ2n) is 4.38. The molecule has 8 heteroatoms. The monoisotopic (exact) mass is 256 g/mol. The fourth-order valence-corrected chi connectivity index (χ4v) is 1.54. The minimum absolute atomic E-state index is 0.0237. The summed E-state index contributed by atoms with van der Waals surface area (Å²) in [5.41, 5.74) is 0. The van der Waals surface area contributed by atoms with Gasteiger partial charge in [-0.15, -0.1) is 0 Å². The number of nitrogens with zero attached hydrogens (tertiary/aromatic N) is 3. The molecule has 0 bridgehead atoms. The van der Waals surface area contributed by atoms with E-state index in [9.17, 15) is 14.9 Å². The molecule has 0 aliphatic carbocycles. The smallest absolute Gasteiger partial charge is 0.406 e. The summed E-state index contributed by atoms with van der Waals surface area (Å²) in [4.78, 5) is 24.6. The van der Waals surface area contributed by atoms with Crippen LogP contribution in [0, 0.1) is 16.0 Å². The Kier molecular flexibility index (Phi) is 4.24. The number of anilines is 1. The lowest BCUT2D eigenvalue weighted by Gasteiger charge is -2.21. The molecule has 0 radical (unpaired) electrons. The van der Waals surface area contributed by atoms with Crippen LogP contribution in [0.25, 0.3) is 0 Å². The predicted octanol–water partition coefficient (Wildman–Crippen LogP) is 1.24. The van der Waals surface area contributed by atoms with Crippen LogP contribution in [0.4, 0.5) is 11.6 Å². The van der Waals surface area contributed by atoms with Gasteiger partial charge in [0, 0.05) is 13.1 Å². The molecule has 1 heterocycles. The Balaban J connectivity index is 2.96. The van der Waals surface area contributed by atoms with E-state index < -0.39 is 16.9 Å². The number of nitro groups is 1. The first-order chi connectivity index (χ1) is 8.32. The standard InChI is InChI=1S/C10H16N4O4/c1-6(2)7(4-8(15)16)12-10-9(14(17)18)11-5-13(10)3/h5-7,12H,4H2,1-3H3,(H,15,16). The van der Waals surface area contributed by atoms with Crippen molar-refractivity contribution in [1.29, 1.82) is 0 Å². The predicted molar refractivity (Wildman–Crippen MR) is 64.4 cm³/mol. The number of aryl methyl sites for hydroxylation is 1. The van der Waals surface area contributed by atoms with E-state index in [4.69, 9.17) is 5.11 Å². The molecule has 0 spiro atoms. The van der Waals surface area contributed by atoms with Crippen molar-refractivity contribution < 1.29 is 14.8 Å². The van der Waals surface area contributed by atoms with E-state index in [1.54, 1.807) is 7.05 Å². The Bertz CT molecular complexity index is 455. The van der Waals surface area contributed by atoms with Gasteiger partial charge in [-0.05, 0) is 15.8 Å². The summed E-state index contributed by atoms with van der Waals surface area (Å²) in [7, 11) is 1.61. The van der Waals surface area contributed by atoms with E-state index in [0.29, 0.717) is 0 Å². The Morgan fingerprint density at radius 1 is 1.67 bits per heavy atom. The molecule has 1 unspecified atom stereocenters. The maximum Gasteiger partial charge on any atom is 0.406 e. The summed E-state index contributed by atoms with van der Waals surface area (Å²) in [5.74, 6) is -1.00. The highest BCUT2D eigenvalue weighted by molar-refractivity contribution is 5.68. The number of carboxylic acid groups (broad SMARTS) is 1. The summed E-state index contributed by atoms with van der Waals surface area (Å²) in [6.45, 7) is 3.70. The topological polar surface area (TPSA) is 110 Å². The molecular weight excluding hydrogens is 240 g/mol. The third-order valence-corrected chi connectivity index (χ3v) is 2.61. The molecule has 0 aliphatic heterocycles. The average molecular weight is 256 g/mol. The van der Waals surface area contributed by atoms with Crippen LogP contribution in [0.2, 0.25) is 0 Å². The molecule has 0 aromatic carbocycles. The van der Waals surface area contributed by atoms with Crippen LogP contribution in [-0.4, -0.2) is 31.6 Å². The molecule has 1 aromatic rings. The number of imidazole rings is 1. The van der Waals surface area contributed by atoms with Crippen LogP contribution in [0.3, 0.4) is 0 Å². The number of aromatic nitrogens is 2. The van der Waals surface area contributed by atoms with Gasteiger partial charge in [-0.25, -0.2) is 0 Å². The third kappa shape index (κ3) is 3.19. The summed E-state index contributed by atoms with van der Waals surface area (Å²) in [5, 5.41) is 22.5. The third-order valence-electron chi connectivity index (χ3n) is 2.61. The van der Waals surface area contributed by atoms with Crippen LogP contribution >= 0.6 is 0 Å².